The maximum absolute atomic E-state index is 13.9. The van der Waals surface area contributed by atoms with E-state index in [1.165, 1.54) is 13.8 Å². The van der Waals surface area contributed by atoms with Gasteiger partial charge in [-0.3, -0.25) is 48.1 Å². The summed E-state index contributed by atoms with van der Waals surface area (Å²) in [6, 6.07) is -8.86. The van der Waals surface area contributed by atoms with Gasteiger partial charge in [0.25, 0.3) is 0 Å². The molecule has 0 saturated heterocycles. The maximum atomic E-state index is 13.9. The summed E-state index contributed by atoms with van der Waals surface area (Å²) in [4.78, 5) is 122. The number of hydrogen-bond acceptors (Lipinski definition) is 11. The average molecular weight is 925 g/mol. The van der Waals surface area contributed by atoms with E-state index in [0.717, 1.165) is 0 Å². The topological polar surface area (TPSA) is 361 Å². The summed E-state index contributed by atoms with van der Waals surface area (Å²) in [7, 11) is 0. The van der Waals surface area contributed by atoms with Gasteiger partial charge in [0, 0.05) is 6.54 Å². The maximum Gasteiger partial charge on any atom is 0.322 e. The van der Waals surface area contributed by atoms with Crippen molar-refractivity contribution in [3.8, 4) is 0 Å². The van der Waals surface area contributed by atoms with Crippen LogP contribution < -0.4 is 59.7 Å². The average Bonchev–Trinajstić information content (AvgIpc) is 3.17. The Balaban J connectivity index is 6.20. The fraction of sp³-hybridized carbons (Fsp3) is 0.767. The second-order valence-electron chi connectivity index (χ2n) is 18.6. The number of carboxylic acid groups (broad SMARTS) is 1. The van der Waals surface area contributed by atoms with Crippen molar-refractivity contribution in [3.63, 3.8) is 0 Å². The Hall–Kier alpha value is -5.54. The van der Waals surface area contributed by atoms with Crippen LogP contribution in [0.25, 0.3) is 0 Å². The van der Waals surface area contributed by atoms with Crippen LogP contribution in [0.5, 0.6) is 0 Å². The number of nitrogens with two attached hydrogens (primary N) is 3. The van der Waals surface area contributed by atoms with Gasteiger partial charge in [0.05, 0.1) is 6.04 Å². The number of aliphatic imine (C=N–C) groups is 1. The molecule has 0 fully saturated rings. The molecule has 0 aliphatic carbocycles. The van der Waals surface area contributed by atoms with Crippen LogP contribution >= 0.6 is 0 Å². The first-order valence-corrected chi connectivity index (χ1v) is 22.5. The van der Waals surface area contributed by atoms with Crippen LogP contribution in [-0.4, -0.2) is 126 Å². The molecule has 0 bridgehead atoms. The van der Waals surface area contributed by atoms with Crippen molar-refractivity contribution < 1.29 is 48.3 Å². The summed E-state index contributed by atoms with van der Waals surface area (Å²) in [5.74, 6) is -7.63. The van der Waals surface area contributed by atoms with Gasteiger partial charge in [0.1, 0.15) is 48.8 Å². The van der Waals surface area contributed by atoms with E-state index in [1.807, 2.05) is 55.4 Å². The molecule has 15 N–H and O–H groups in total. The molecule has 8 amide bonds. The molecule has 65 heavy (non-hydrogen) atoms. The van der Waals surface area contributed by atoms with E-state index in [9.17, 15) is 43.2 Å². The van der Waals surface area contributed by atoms with E-state index >= 15 is 0 Å². The summed E-state index contributed by atoms with van der Waals surface area (Å²) in [6.07, 6.45) is 1.13. The van der Waals surface area contributed by atoms with Gasteiger partial charge in [-0.1, -0.05) is 69.2 Å². The van der Waals surface area contributed by atoms with Crippen LogP contribution in [0.4, 0.5) is 0 Å². The number of rotatable bonds is 30. The third-order valence-electron chi connectivity index (χ3n) is 9.76. The Morgan fingerprint density at radius 2 is 0.846 bits per heavy atom. The van der Waals surface area contributed by atoms with E-state index in [0.29, 0.717) is 6.42 Å². The number of carbonyl (C=O) groups is 9. The summed E-state index contributed by atoms with van der Waals surface area (Å²) >= 11 is 0. The minimum atomic E-state index is -1.25. The lowest BCUT2D eigenvalue weighted by Crippen LogP contribution is -2.61. The first-order chi connectivity index (χ1) is 30.0. The van der Waals surface area contributed by atoms with Gasteiger partial charge in [-0.2, -0.15) is 0 Å². The minimum absolute atomic E-state index is 0.0526. The van der Waals surface area contributed by atoms with Crippen molar-refractivity contribution >= 4 is 59.2 Å². The Labute approximate surface area is 384 Å². The Morgan fingerprint density at radius 3 is 1.25 bits per heavy atom. The fourth-order valence-corrected chi connectivity index (χ4v) is 6.44. The number of guanidine groups is 1. The molecule has 0 aromatic rings. The van der Waals surface area contributed by atoms with Crippen molar-refractivity contribution in [1.29, 1.82) is 0 Å². The number of aliphatic carboxylic acids is 1. The molecule has 0 aromatic heterocycles. The number of amides is 8. The summed E-state index contributed by atoms with van der Waals surface area (Å²) in [5, 5.41) is 30.0. The van der Waals surface area contributed by atoms with Crippen LogP contribution in [0.15, 0.2) is 4.99 Å². The second kappa shape index (κ2) is 29.8. The molecule has 0 saturated carbocycles. The quantitative estimate of drug-likeness (QED) is 0.0230. The number of hydrogen-bond donors (Lipinski definition) is 12. The Kier molecular flexibility index (Phi) is 27.3. The zero-order valence-electron chi connectivity index (χ0n) is 40.5. The van der Waals surface area contributed by atoms with Gasteiger partial charge in [0.15, 0.2) is 5.96 Å². The zero-order valence-corrected chi connectivity index (χ0v) is 40.5. The van der Waals surface area contributed by atoms with E-state index in [1.54, 1.807) is 13.8 Å². The third-order valence-corrected chi connectivity index (χ3v) is 9.76. The van der Waals surface area contributed by atoms with Crippen LogP contribution in [0, 0.1) is 29.6 Å². The highest BCUT2D eigenvalue weighted by atomic mass is 16.4. The molecule has 372 valence electrons. The van der Waals surface area contributed by atoms with Gasteiger partial charge in [-0.25, -0.2) is 0 Å². The fourth-order valence-electron chi connectivity index (χ4n) is 6.44. The predicted molar refractivity (Wildman–Crippen MR) is 246 cm³/mol. The lowest BCUT2D eigenvalue weighted by Gasteiger charge is -2.29. The molecule has 0 heterocycles. The van der Waals surface area contributed by atoms with Crippen LogP contribution in [0.1, 0.15) is 122 Å². The third kappa shape index (κ3) is 24.9. The standard InChI is InChI=1S/C43H80N12O10/c1-21(2)16-29(37(60)48-20-33(56)57)52-40(63)31(18-23(5)6)54-42(65)34(25(9)10)55-41(64)32(19-24(7)8)51-36(59)27(12)49-39(62)30(17-22(3)4)53-38(61)28(50-35(58)26(11)44)14-13-15-47-43(45)46/h21-32,34H,13-20,44H2,1-12H3,(H,48,60)(H,49,62)(H,50,58)(H,51,59)(H,52,63)(H,53,61)(H,54,65)(H,55,64)(H,56,57)(H4,45,46,47)/t26-,27-,28-,29-,30-,31-,32-,34-/m0/s1. The first-order valence-electron chi connectivity index (χ1n) is 22.5. The van der Waals surface area contributed by atoms with E-state index in [2.05, 4.69) is 47.5 Å². The van der Waals surface area contributed by atoms with Crippen LogP contribution in [0.2, 0.25) is 0 Å². The Bertz CT molecular complexity index is 1630. The number of carboxylic acids is 1. The van der Waals surface area contributed by atoms with E-state index in [-0.39, 0.29) is 68.3 Å². The molecule has 0 aromatic carbocycles. The van der Waals surface area contributed by atoms with Crippen LogP contribution in [0.3, 0.4) is 0 Å². The monoisotopic (exact) mass is 925 g/mol. The Morgan fingerprint density at radius 1 is 0.477 bits per heavy atom. The number of carbonyl (C=O) groups excluding carboxylic acids is 8. The SMILES string of the molecule is CC(C)C[C@H](NC(=O)[C@H](C)NC(=O)[C@H](CC(C)C)NC(=O)[C@H](CCCN=C(N)N)NC(=O)[C@H](C)N)C(=O)N[C@H](C(=O)N[C@@H](CC(C)C)C(=O)N[C@@H](CC(C)C)C(=O)NCC(=O)O)C(C)C. The molecule has 0 unspecified atom stereocenters. The van der Waals surface area contributed by atoms with Gasteiger partial charge < -0.3 is 64.8 Å². The van der Waals surface area contributed by atoms with E-state index in [4.69, 9.17) is 22.3 Å². The molecule has 0 spiro atoms. The highest BCUT2D eigenvalue weighted by Crippen LogP contribution is 2.13. The second-order valence-corrected chi connectivity index (χ2v) is 18.6. The molecule has 0 radical (unpaired) electrons. The zero-order chi connectivity index (χ0) is 50.3. The molecule has 0 aliphatic heterocycles. The van der Waals surface area contributed by atoms with Gasteiger partial charge in [-0.05, 0) is 82.0 Å². The highest BCUT2D eigenvalue weighted by molar-refractivity contribution is 5.98. The lowest BCUT2D eigenvalue weighted by atomic mass is 9.97. The highest BCUT2D eigenvalue weighted by Gasteiger charge is 2.35. The summed E-state index contributed by atoms with van der Waals surface area (Å²) in [5.41, 5.74) is 16.5. The van der Waals surface area contributed by atoms with Crippen LogP contribution in [-0.2, 0) is 43.2 Å². The van der Waals surface area contributed by atoms with Crippen molar-refractivity contribution in [2.45, 2.75) is 170 Å². The molecule has 8 atom stereocenters. The van der Waals surface area contributed by atoms with E-state index < -0.39 is 114 Å². The molecule has 0 rings (SSSR count). The van der Waals surface area contributed by atoms with Crippen molar-refractivity contribution in [3.05, 3.63) is 0 Å². The lowest BCUT2D eigenvalue weighted by molar-refractivity contribution is -0.139. The summed E-state index contributed by atoms with van der Waals surface area (Å²) < 4.78 is 0. The van der Waals surface area contributed by atoms with Crippen molar-refractivity contribution in [1.82, 2.24) is 42.5 Å². The molecular formula is C43H80N12O10. The van der Waals surface area contributed by atoms with Crippen molar-refractivity contribution in [2.75, 3.05) is 13.1 Å². The molecule has 22 heteroatoms. The largest absolute Gasteiger partial charge is 0.480 e. The first kappa shape index (κ1) is 59.5. The molecule has 0 aliphatic rings. The predicted octanol–water partition coefficient (Wildman–Crippen LogP) is -1.16. The molecular weight excluding hydrogens is 845 g/mol. The van der Waals surface area contributed by atoms with Gasteiger partial charge >= 0.3 is 5.97 Å². The van der Waals surface area contributed by atoms with Crippen molar-refractivity contribution in [2.24, 2.45) is 51.8 Å². The minimum Gasteiger partial charge on any atom is -0.480 e. The van der Waals surface area contributed by atoms with Gasteiger partial charge in [0.2, 0.25) is 47.3 Å². The normalized spacial score (nSPS) is 15.0. The molecule has 22 nitrogen and oxygen atoms in total. The number of nitrogens with zero attached hydrogens (tertiary/aromatic N) is 1. The van der Waals surface area contributed by atoms with Gasteiger partial charge in [-0.15, -0.1) is 0 Å². The number of nitrogens with one attached hydrogen (secondary N) is 8. The smallest absolute Gasteiger partial charge is 0.322 e. The summed E-state index contributed by atoms with van der Waals surface area (Å²) in [6.45, 7) is 20.5.